The molecule has 0 atom stereocenters. The van der Waals surface area contributed by atoms with Gasteiger partial charge >= 0.3 is 25.4 Å². The molecule has 0 radical (unpaired) electrons. The monoisotopic (exact) mass is 678 g/mol. The number of fused-ring (bicyclic) bond motifs is 1. The van der Waals surface area contributed by atoms with E-state index in [2.05, 4.69) is 0 Å². The Kier molecular flexibility index (Phi) is 8.56. The number of carbonyl (C=O) groups is 3. The number of carbonyl (C=O) groups excluding carboxylic acids is 3. The van der Waals surface area contributed by atoms with E-state index in [-0.39, 0.29) is 39.5 Å². The SMILES string of the molecule is COc1cccc2c1N(C(=O)OC(C)(C)C)c1nn(C(=O)OC(C)(C)C)c3cc(B4OC(C)(C)C(C)(C)O4)cc(c13)N2C(=O)OC(C)(C)C. The molecule has 3 heterocycles. The molecule has 14 heteroatoms. The van der Waals surface area contributed by atoms with Gasteiger partial charge in [0.25, 0.3) is 0 Å². The fourth-order valence-corrected chi connectivity index (χ4v) is 5.43. The van der Waals surface area contributed by atoms with Gasteiger partial charge in [0.05, 0.1) is 40.6 Å². The summed E-state index contributed by atoms with van der Waals surface area (Å²) in [5.41, 5.74) is -2.76. The first-order valence-electron chi connectivity index (χ1n) is 16.2. The molecule has 0 aliphatic carbocycles. The molecular weight excluding hydrogens is 631 g/mol. The van der Waals surface area contributed by atoms with E-state index in [9.17, 15) is 14.4 Å². The Bertz CT molecular complexity index is 1810. The van der Waals surface area contributed by atoms with Crippen LogP contribution in [0.3, 0.4) is 0 Å². The van der Waals surface area contributed by atoms with Gasteiger partial charge in [-0.25, -0.2) is 24.2 Å². The summed E-state index contributed by atoms with van der Waals surface area (Å²) in [5.74, 6) is 0.235. The van der Waals surface area contributed by atoms with Crippen molar-refractivity contribution in [1.82, 2.24) is 9.78 Å². The lowest BCUT2D eigenvalue weighted by molar-refractivity contribution is 0.00578. The Morgan fingerprint density at radius 1 is 0.735 bits per heavy atom. The minimum absolute atomic E-state index is 0.00221. The molecule has 0 unspecified atom stereocenters. The summed E-state index contributed by atoms with van der Waals surface area (Å²) in [5, 5.41) is 4.98. The minimum Gasteiger partial charge on any atom is -0.494 e. The molecule has 2 amide bonds. The molecule has 264 valence electrons. The molecule has 0 spiro atoms. The fraction of sp³-hybridized carbons (Fsp3) is 0.543. The summed E-state index contributed by atoms with van der Waals surface area (Å²) >= 11 is 0. The van der Waals surface area contributed by atoms with Crippen LogP contribution in [-0.4, -0.2) is 70.3 Å². The normalized spacial score (nSPS) is 17.1. The molecule has 0 N–H and O–H groups in total. The van der Waals surface area contributed by atoms with E-state index in [4.69, 9.17) is 33.4 Å². The highest BCUT2D eigenvalue weighted by Crippen LogP contribution is 2.52. The molecule has 13 nitrogen and oxygen atoms in total. The van der Waals surface area contributed by atoms with Gasteiger partial charge in [-0.1, -0.05) is 6.07 Å². The van der Waals surface area contributed by atoms with Gasteiger partial charge in [0.15, 0.2) is 5.82 Å². The maximum atomic E-state index is 14.4. The molecule has 2 aliphatic heterocycles. The Labute approximate surface area is 287 Å². The number of ether oxygens (including phenoxy) is 4. The predicted octanol–water partition coefficient (Wildman–Crippen LogP) is 7.59. The Balaban J connectivity index is 1.94. The average molecular weight is 679 g/mol. The summed E-state index contributed by atoms with van der Waals surface area (Å²) in [7, 11) is 0.552. The molecule has 49 heavy (non-hydrogen) atoms. The topological polar surface area (TPSA) is 131 Å². The second-order valence-electron chi connectivity index (χ2n) is 16.2. The number of nitrogens with zero attached hydrogens (tertiary/aromatic N) is 4. The fourth-order valence-electron chi connectivity index (χ4n) is 5.43. The van der Waals surface area contributed by atoms with E-state index in [1.165, 1.54) is 16.9 Å². The zero-order valence-corrected chi connectivity index (χ0v) is 30.9. The third-order valence-electron chi connectivity index (χ3n) is 8.12. The highest BCUT2D eigenvalue weighted by atomic mass is 16.7. The van der Waals surface area contributed by atoms with Crippen LogP contribution in [0.1, 0.15) is 90.0 Å². The minimum atomic E-state index is -0.924. The van der Waals surface area contributed by atoms with E-state index < -0.39 is 53.4 Å². The Morgan fingerprint density at radius 2 is 1.24 bits per heavy atom. The number of hydrogen-bond acceptors (Lipinski definition) is 10. The maximum Gasteiger partial charge on any atom is 0.494 e. The quantitative estimate of drug-likeness (QED) is 0.197. The van der Waals surface area contributed by atoms with Gasteiger partial charge in [0.1, 0.15) is 28.2 Å². The van der Waals surface area contributed by atoms with Gasteiger partial charge in [-0.3, -0.25) is 0 Å². The van der Waals surface area contributed by atoms with Crippen molar-refractivity contribution in [3.8, 4) is 5.75 Å². The number of benzene rings is 2. The van der Waals surface area contributed by atoms with Crippen LogP contribution in [-0.2, 0) is 23.5 Å². The van der Waals surface area contributed by atoms with Crippen LogP contribution in [0.2, 0.25) is 0 Å². The van der Waals surface area contributed by atoms with Crippen LogP contribution in [0.5, 0.6) is 5.75 Å². The summed E-state index contributed by atoms with van der Waals surface area (Å²) < 4.78 is 37.3. The zero-order chi connectivity index (χ0) is 36.6. The van der Waals surface area contributed by atoms with Crippen LogP contribution < -0.4 is 20.0 Å². The van der Waals surface area contributed by atoms with Gasteiger partial charge in [-0.2, -0.15) is 4.68 Å². The van der Waals surface area contributed by atoms with Crippen molar-refractivity contribution in [2.24, 2.45) is 0 Å². The van der Waals surface area contributed by atoms with Gasteiger partial charge < -0.3 is 28.3 Å². The lowest BCUT2D eigenvalue weighted by atomic mass is 9.78. The average Bonchev–Trinajstić information content (AvgIpc) is 3.35. The van der Waals surface area contributed by atoms with Gasteiger partial charge in [0, 0.05) is 0 Å². The molecular formula is C35H47BN4O9. The van der Waals surface area contributed by atoms with Crippen molar-refractivity contribution < 1.29 is 42.6 Å². The van der Waals surface area contributed by atoms with Gasteiger partial charge in [0.2, 0.25) is 0 Å². The second-order valence-corrected chi connectivity index (χ2v) is 16.2. The van der Waals surface area contributed by atoms with Crippen molar-refractivity contribution in [2.75, 3.05) is 16.9 Å². The Morgan fingerprint density at radius 3 is 1.76 bits per heavy atom. The first kappa shape index (κ1) is 36.0. The lowest BCUT2D eigenvalue weighted by Crippen LogP contribution is -2.41. The highest BCUT2D eigenvalue weighted by molar-refractivity contribution is 6.62. The summed E-state index contributed by atoms with van der Waals surface area (Å²) in [4.78, 5) is 45.1. The molecule has 5 rings (SSSR count). The Hall–Kier alpha value is -4.30. The summed E-state index contributed by atoms with van der Waals surface area (Å²) in [6, 6.07) is 8.43. The smallest absolute Gasteiger partial charge is 0.494 e. The third kappa shape index (κ3) is 6.80. The summed E-state index contributed by atoms with van der Waals surface area (Å²) in [6.45, 7) is 23.4. The van der Waals surface area contributed by atoms with Crippen LogP contribution in [0, 0.1) is 0 Å². The van der Waals surface area contributed by atoms with Crippen LogP contribution in [0.25, 0.3) is 10.9 Å². The van der Waals surface area contributed by atoms with E-state index in [0.717, 1.165) is 4.68 Å². The second kappa shape index (κ2) is 11.7. The van der Waals surface area contributed by atoms with Crippen molar-refractivity contribution in [1.29, 1.82) is 0 Å². The zero-order valence-electron chi connectivity index (χ0n) is 30.9. The van der Waals surface area contributed by atoms with E-state index in [1.807, 2.05) is 27.7 Å². The number of methoxy groups -OCH3 is 1. The van der Waals surface area contributed by atoms with Crippen LogP contribution >= 0.6 is 0 Å². The highest BCUT2D eigenvalue weighted by Gasteiger charge is 2.52. The molecule has 1 saturated heterocycles. The number of aromatic nitrogens is 2. The largest absolute Gasteiger partial charge is 0.494 e. The number of amides is 2. The van der Waals surface area contributed by atoms with Crippen molar-refractivity contribution in [2.45, 2.75) is 118 Å². The molecule has 2 aromatic carbocycles. The van der Waals surface area contributed by atoms with E-state index in [1.54, 1.807) is 92.6 Å². The van der Waals surface area contributed by atoms with Crippen LogP contribution in [0.15, 0.2) is 30.3 Å². The standard InChI is InChI=1S/C35H47BN4O9/c1-31(2,3)45-28(41)38-21-16-15-17-24(44-14)26(21)39(29(42)46-32(4,5)6)27-25-22(38)18-20(36-48-34(10,11)35(12,13)49-36)19-23(25)40(37-27)30(43)47-33(7,8)9/h15-19H,1-14H3. The van der Waals surface area contributed by atoms with E-state index >= 15 is 0 Å². The van der Waals surface area contributed by atoms with E-state index in [0.29, 0.717) is 5.46 Å². The van der Waals surface area contributed by atoms with Crippen molar-refractivity contribution in [3.05, 3.63) is 30.3 Å². The molecule has 1 fully saturated rings. The van der Waals surface area contributed by atoms with Gasteiger partial charge in [-0.15, -0.1) is 5.10 Å². The van der Waals surface area contributed by atoms with Crippen LogP contribution in [0.4, 0.5) is 37.3 Å². The molecule has 3 aromatic rings. The molecule has 0 bridgehead atoms. The lowest BCUT2D eigenvalue weighted by Gasteiger charge is -2.32. The third-order valence-corrected chi connectivity index (χ3v) is 8.12. The number of para-hydroxylation sites is 1. The predicted molar refractivity (Wildman–Crippen MR) is 187 cm³/mol. The molecule has 2 aliphatic rings. The van der Waals surface area contributed by atoms with Crippen molar-refractivity contribution in [3.63, 3.8) is 0 Å². The first-order chi connectivity index (χ1) is 22.3. The number of anilines is 4. The van der Waals surface area contributed by atoms with Crippen molar-refractivity contribution >= 4 is 64.6 Å². The molecule has 0 saturated carbocycles. The molecule has 1 aromatic heterocycles. The summed E-state index contributed by atoms with van der Waals surface area (Å²) in [6.07, 6.45) is -2.38. The first-order valence-corrected chi connectivity index (χ1v) is 16.2. The number of hydrogen-bond donors (Lipinski definition) is 0. The van der Waals surface area contributed by atoms with Gasteiger partial charge in [-0.05, 0) is 120 Å². The maximum absolute atomic E-state index is 14.4. The number of rotatable bonds is 2.